The molecule has 1 N–H and O–H groups in total. The summed E-state index contributed by atoms with van der Waals surface area (Å²) in [7, 11) is 0. The lowest BCUT2D eigenvalue weighted by Gasteiger charge is -2.24. The molecule has 0 aliphatic rings. The fraction of sp³-hybridized carbons (Fsp3) is 0.667. The number of carbonyl (C=O) groups excluding carboxylic acids is 1. The molecule has 0 aromatic carbocycles. The summed E-state index contributed by atoms with van der Waals surface area (Å²) in [5, 5.41) is 6.48. The Morgan fingerprint density at radius 3 is 2.44 bits per heavy atom. The minimum Gasteiger partial charge on any atom is -0.364 e. The molecule has 1 heterocycles. The van der Waals surface area contributed by atoms with Gasteiger partial charge in [-0.1, -0.05) is 32.9 Å². The molecular weight excluding hydrogens is 204 g/mol. The van der Waals surface area contributed by atoms with Crippen molar-refractivity contribution in [1.82, 2.24) is 10.5 Å². The van der Waals surface area contributed by atoms with Crippen molar-refractivity contribution in [2.75, 3.05) is 6.54 Å². The van der Waals surface area contributed by atoms with Gasteiger partial charge in [-0.25, -0.2) is 0 Å². The van der Waals surface area contributed by atoms with Gasteiger partial charge in [-0.3, -0.25) is 4.79 Å². The maximum Gasteiger partial charge on any atom is 0.273 e. The molecule has 0 unspecified atom stereocenters. The van der Waals surface area contributed by atoms with Crippen LogP contribution in [0.5, 0.6) is 0 Å². The van der Waals surface area contributed by atoms with E-state index in [4.69, 9.17) is 0 Å². The van der Waals surface area contributed by atoms with Crippen LogP contribution in [0.3, 0.4) is 0 Å². The third-order valence-corrected chi connectivity index (χ3v) is 2.88. The average Bonchev–Trinajstić information content (AvgIpc) is 2.69. The van der Waals surface area contributed by atoms with Gasteiger partial charge in [0.25, 0.3) is 5.91 Å². The quantitative estimate of drug-likeness (QED) is 0.835. The standard InChI is InChI=1S/C12H20N2O2/c1-8(2)10(9(3)4)7-13-12(15)11-5-6-16-14-11/h5-6,8-10H,7H2,1-4H3,(H,13,15). The molecule has 1 amide bonds. The molecule has 0 aliphatic heterocycles. The topological polar surface area (TPSA) is 55.1 Å². The lowest BCUT2D eigenvalue weighted by molar-refractivity contribution is 0.0928. The molecule has 90 valence electrons. The molecule has 0 saturated heterocycles. The minimum atomic E-state index is -0.167. The van der Waals surface area contributed by atoms with Gasteiger partial charge in [0, 0.05) is 12.6 Å². The van der Waals surface area contributed by atoms with Gasteiger partial charge in [-0.15, -0.1) is 0 Å². The van der Waals surface area contributed by atoms with Gasteiger partial charge in [-0.05, 0) is 17.8 Å². The first-order valence-electron chi connectivity index (χ1n) is 5.71. The van der Waals surface area contributed by atoms with Crippen LogP contribution in [0, 0.1) is 17.8 Å². The zero-order valence-electron chi connectivity index (χ0n) is 10.4. The van der Waals surface area contributed by atoms with Crippen LogP contribution in [-0.4, -0.2) is 17.6 Å². The molecule has 1 aromatic rings. The lowest BCUT2D eigenvalue weighted by atomic mass is 9.85. The molecule has 0 atom stereocenters. The number of rotatable bonds is 5. The molecule has 4 nitrogen and oxygen atoms in total. The number of hydrogen-bond acceptors (Lipinski definition) is 3. The second kappa shape index (κ2) is 5.68. The van der Waals surface area contributed by atoms with E-state index in [0.717, 1.165) is 0 Å². The normalized spacial score (nSPS) is 11.4. The van der Waals surface area contributed by atoms with E-state index in [2.05, 4.69) is 42.7 Å². The number of hydrogen-bond donors (Lipinski definition) is 1. The van der Waals surface area contributed by atoms with E-state index in [1.165, 1.54) is 6.26 Å². The van der Waals surface area contributed by atoms with Crippen molar-refractivity contribution in [3.8, 4) is 0 Å². The molecule has 0 aliphatic carbocycles. The van der Waals surface area contributed by atoms with Crippen molar-refractivity contribution < 1.29 is 9.32 Å². The second-order valence-electron chi connectivity index (χ2n) is 4.75. The number of aromatic nitrogens is 1. The zero-order valence-corrected chi connectivity index (χ0v) is 10.4. The largest absolute Gasteiger partial charge is 0.364 e. The van der Waals surface area contributed by atoms with Crippen molar-refractivity contribution in [3.05, 3.63) is 18.0 Å². The van der Waals surface area contributed by atoms with Gasteiger partial charge in [0.05, 0.1) is 0 Å². The second-order valence-corrected chi connectivity index (χ2v) is 4.75. The van der Waals surface area contributed by atoms with E-state index < -0.39 is 0 Å². The molecular formula is C12H20N2O2. The molecule has 0 radical (unpaired) electrons. The highest BCUT2D eigenvalue weighted by Crippen LogP contribution is 2.19. The third kappa shape index (κ3) is 3.36. The van der Waals surface area contributed by atoms with Crippen LogP contribution in [-0.2, 0) is 0 Å². The van der Waals surface area contributed by atoms with Gasteiger partial charge >= 0.3 is 0 Å². The van der Waals surface area contributed by atoms with E-state index in [-0.39, 0.29) is 5.91 Å². The fourth-order valence-corrected chi connectivity index (χ4v) is 1.87. The Labute approximate surface area is 96.4 Å². The molecule has 4 heteroatoms. The van der Waals surface area contributed by atoms with Gasteiger partial charge in [0.2, 0.25) is 0 Å². The van der Waals surface area contributed by atoms with Crippen LogP contribution in [0.15, 0.2) is 16.9 Å². The molecule has 1 aromatic heterocycles. The molecule has 0 fully saturated rings. The van der Waals surface area contributed by atoms with Gasteiger partial charge in [-0.2, -0.15) is 0 Å². The van der Waals surface area contributed by atoms with Crippen molar-refractivity contribution in [2.45, 2.75) is 27.7 Å². The van der Waals surface area contributed by atoms with Crippen molar-refractivity contribution in [3.63, 3.8) is 0 Å². The summed E-state index contributed by atoms with van der Waals surface area (Å²) in [6.45, 7) is 9.38. The van der Waals surface area contributed by atoms with Crippen LogP contribution in [0.25, 0.3) is 0 Å². The van der Waals surface area contributed by atoms with Crippen LogP contribution in [0.4, 0.5) is 0 Å². The monoisotopic (exact) mass is 224 g/mol. The molecule has 16 heavy (non-hydrogen) atoms. The Morgan fingerprint density at radius 2 is 2.00 bits per heavy atom. The van der Waals surface area contributed by atoms with Crippen molar-refractivity contribution >= 4 is 5.91 Å². The van der Waals surface area contributed by atoms with E-state index >= 15 is 0 Å². The van der Waals surface area contributed by atoms with Crippen LogP contribution >= 0.6 is 0 Å². The van der Waals surface area contributed by atoms with E-state index in [1.807, 2.05) is 0 Å². The third-order valence-electron chi connectivity index (χ3n) is 2.88. The summed E-state index contributed by atoms with van der Waals surface area (Å²) in [4.78, 5) is 11.6. The lowest BCUT2D eigenvalue weighted by Crippen LogP contribution is -2.34. The van der Waals surface area contributed by atoms with E-state index in [0.29, 0.717) is 30.0 Å². The summed E-state index contributed by atoms with van der Waals surface area (Å²) in [6.07, 6.45) is 1.40. The first-order chi connectivity index (χ1) is 7.52. The van der Waals surface area contributed by atoms with Crippen molar-refractivity contribution in [1.29, 1.82) is 0 Å². The Hall–Kier alpha value is -1.32. The van der Waals surface area contributed by atoms with Gasteiger partial charge in [0.15, 0.2) is 5.69 Å². The highest BCUT2D eigenvalue weighted by molar-refractivity contribution is 5.91. The van der Waals surface area contributed by atoms with Gasteiger partial charge in [0.1, 0.15) is 6.26 Å². The summed E-state index contributed by atoms with van der Waals surface area (Å²) in [5.74, 6) is 1.42. The van der Waals surface area contributed by atoms with Crippen molar-refractivity contribution in [2.24, 2.45) is 17.8 Å². The number of nitrogens with zero attached hydrogens (tertiary/aromatic N) is 1. The summed E-state index contributed by atoms with van der Waals surface area (Å²) >= 11 is 0. The highest BCUT2D eigenvalue weighted by Gasteiger charge is 2.19. The molecule has 0 saturated carbocycles. The van der Waals surface area contributed by atoms with Crippen LogP contribution < -0.4 is 5.32 Å². The Bertz CT molecular complexity index is 310. The summed E-state index contributed by atoms with van der Waals surface area (Å²) in [5.41, 5.74) is 0.339. The van der Waals surface area contributed by atoms with Gasteiger partial charge < -0.3 is 9.84 Å². The number of nitrogens with one attached hydrogen (secondary N) is 1. The molecule has 1 rings (SSSR count). The van der Waals surface area contributed by atoms with E-state index in [1.54, 1.807) is 6.07 Å². The van der Waals surface area contributed by atoms with Crippen LogP contribution in [0.2, 0.25) is 0 Å². The van der Waals surface area contributed by atoms with Crippen LogP contribution in [0.1, 0.15) is 38.2 Å². The SMILES string of the molecule is CC(C)C(CNC(=O)c1ccon1)C(C)C. The molecule has 0 spiro atoms. The Morgan fingerprint density at radius 1 is 1.38 bits per heavy atom. The highest BCUT2D eigenvalue weighted by atomic mass is 16.5. The maximum absolute atomic E-state index is 11.6. The Kier molecular flexibility index (Phi) is 4.52. The average molecular weight is 224 g/mol. The first kappa shape index (κ1) is 12.7. The summed E-state index contributed by atoms with van der Waals surface area (Å²) in [6, 6.07) is 1.56. The smallest absolute Gasteiger partial charge is 0.273 e. The summed E-state index contributed by atoms with van der Waals surface area (Å²) < 4.78 is 4.63. The predicted molar refractivity (Wildman–Crippen MR) is 62.0 cm³/mol. The fourth-order valence-electron chi connectivity index (χ4n) is 1.87. The molecule has 0 bridgehead atoms. The zero-order chi connectivity index (χ0) is 12.1. The predicted octanol–water partition coefficient (Wildman–Crippen LogP) is 2.33. The number of amides is 1. The van der Waals surface area contributed by atoms with E-state index in [9.17, 15) is 4.79 Å². The minimum absolute atomic E-state index is 0.167. The first-order valence-corrected chi connectivity index (χ1v) is 5.71. The maximum atomic E-state index is 11.6. The number of carbonyl (C=O) groups is 1. The Balaban J connectivity index is 2.47.